The molecular weight excluding hydrogens is 342 g/mol. The molecule has 0 saturated carbocycles. The summed E-state index contributed by atoms with van der Waals surface area (Å²) in [4.78, 5) is 0.217. The van der Waals surface area contributed by atoms with Crippen LogP contribution in [0.2, 0.25) is 0 Å². The fourth-order valence-electron chi connectivity index (χ4n) is 1.77. The van der Waals surface area contributed by atoms with Gasteiger partial charge in [0, 0.05) is 10.2 Å². The van der Waals surface area contributed by atoms with Crippen molar-refractivity contribution in [2.45, 2.75) is 11.8 Å². The zero-order valence-corrected chi connectivity index (χ0v) is 13.5. The molecule has 6 heteroatoms. The molecule has 1 N–H and O–H groups in total. The summed E-state index contributed by atoms with van der Waals surface area (Å²) in [5.74, 6) is 0.719. The van der Waals surface area contributed by atoms with E-state index in [2.05, 4.69) is 20.7 Å². The van der Waals surface area contributed by atoms with E-state index in [4.69, 9.17) is 4.74 Å². The molecule has 0 atom stereocenters. The lowest BCUT2D eigenvalue weighted by atomic mass is 10.2. The molecule has 0 spiro atoms. The number of methoxy groups -OCH3 is 1. The fourth-order valence-corrected chi connectivity index (χ4v) is 3.08. The molecule has 0 aromatic heterocycles. The van der Waals surface area contributed by atoms with Crippen molar-refractivity contribution in [3.8, 4) is 5.75 Å². The largest absolute Gasteiger partial charge is 0.496 e. The molecule has 0 aliphatic heterocycles. The zero-order valence-electron chi connectivity index (χ0n) is 11.1. The number of benzene rings is 2. The molecule has 2 aromatic rings. The summed E-state index contributed by atoms with van der Waals surface area (Å²) in [7, 11) is -2.00. The normalized spacial score (nSPS) is 11.2. The van der Waals surface area contributed by atoms with Crippen LogP contribution in [0.4, 0.5) is 5.69 Å². The first kappa shape index (κ1) is 14.9. The highest BCUT2D eigenvalue weighted by atomic mass is 79.9. The van der Waals surface area contributed by atoms with Gasteiger partial charge in [-0.05, 0) is 55.0 Å². The van der Waals surface area contributed by atoms with Crippen LogP contribution in [0.5, 0.6) is 5.75 Å². The Morgan fingerprint density at radius 2 is 1.75 bits per heavy atom. The molecule has 20 heavy (non-hydrogen) atoms. The molecule has 0 aliphatic carbocycles. The van der Waals surface area contributed by atoms with Crippen molar-refractivity contribution >= 4 is 31.6 Å². The Balaban J connectivity index is 2.28. The first-order valence-electron chi connectivity index (χ1n) is 5.85. The molecule has 0 saturated heterocycles. The maximum atomic E-state index is 12.2. The Morgan fingerprint density at radius 1 is 1.10 bits per heavy atom. The molecule has 106 valence electrons. The second-order valence-electron chi connectivity index (χ2n) is 4.24. The zero-order chi connectivity index (χ0) is 14.8. The van der Waals surface area contributed by atoms with Gasteiger partial charge in [-0.1, -0.05) is 15.9 Å². The molecule has 0 aliphatic rings. The Bertz CT molecular complexity index is 712. The Kier molecular flexibility index (Phi) is 4.35. The Hall–Kier alpha value is -1.53. The van der Waals surface area contributed by atoms with E-state index in [1.54, 1.807) is 49.6 Å². The monoisotopic (exact) mass is 355 g/mol. The van der Waals surface area contributed by atoms with Gasteiger partial charge in [0.1, 0.15) is 5.75 Å². The van der Waals surface area contributed by atoms with Crippen LogP contribution in [0.3, 0.4) is 0 Å². The highest BCUT2D eigenvalue weighted by Gasteiger charge is 2.14. The second-order valence-corrected chi connectivity index (χ2v) is 6.84. The predicted octanol–water partition coefficient (Wildman–Crippen LogP) is 3.57. The maximum Gasteiger partial charge on any atom is 0.261 e. The summed E-state index contributed by atoms with van der Waals surface area (Å²) in [6.07, 6.45) is 0. The first-order chi connectivity index (χ1) is 9.42. The number of hydrogen-bond donors (Lipinski definition) is 1. The van der Waals surface area contributed by atoms with E-state index in [1.165, 1.54) is 0 Å². The molecule has 2 rings (SSSR count). The van der Waals surface area contributed by atoms with Crippen LogP contribution >= 0.6 is 15.9 Å². The van der Waals surface area contributed by atoms with E-state index in [-0.39, 0.29) is 4.90 Å². The third-order valence-corrected chi connectivity index (χ3v) is 4.70. The molecule has 0 unspecified atom stereocenters. The van der Waals surface area contributed by atoms with Crippen LogP contribution in [-0.2, 0) is 10.0 Å². The van der Waals surface area contributed by atoms with E-state index in [9.17, 15) is 8.42 Å². The van der Waals surface area contributed by atoms with Gasteiger partial charge in [-0.15, -0.1) is 0 Å². The predicted molar refractivity (Wildman–Crippen MR) is 82.7 cm³/mol. The van der Waals surface area contributed by atoms with Crippen molar-refractivity contribution in [3.05, 3.63) is 52.5 Å². The molecule has 2 aromatic carbocycles. The average molecular weight is 356 g/mol. The summed E-state index contributed by atoms with van der Waals surface area (Å²) < 4.78 is 33.0. The lowest BCUT2D eigenvalue weighted by Crippen LogP contribution is -2.12. The van der Waals surface area contributed by atoms with Crippen LogP contribution in [0.25, 0.3) is 0 Å². The van der Waals surface area contributed by atoms with E-state index < -0.39 is 10.0 Å². The minimum Gasteiger partial charge on any atom is -0.496 e. The summed E-state index contributed by atoms with van der Waals surface area (Å²) in [6.45, 7) is 1.86. The lowest BCUT2D eigenvalue weighted by molar-refractivity contribution is 0.412. The number of rotatable bonds is 4. The van der Waals surface area contributed by atoms with Crippen LogP contribution < -0.4 is 9.46 Å². The number of halogens is 1. The van der Waals surface area contributed by atoms with Gasteiger partial charge in [0.2, 0.25) is 0 Å². The van der Waals surface area contributed by atoms with E-state index in [0.29, 0.717) is 5.69 Å². The fraction of sp³-hybridized carbons (Fsp3) is 0.143. The van der Waals surface area contributed by atoms with Gasteiger partial charge in [-0.25, -0.2) is 8.42 Å². The quantitative estimate of drug-likeness (QED) is 0.911. The van der Waals surface area contributed by atoms with Gasteiger partial charge in [-0.2, -0.15) is 0 Å². The van der Waals surface area contributed by atoms with Crippen LogP contribution in [0, 0.1) is 6.92 Å². The summed E-state index contributed by atoms with van der Waals surface area (Å²) >= 11 is 3.28. The van der Waals surface area contributed by atoms with E-state index >= 15 is 0 Å². The smallest absolute Gasteiger partial charge is 0.261 e. The van der Waals surface area contributed by atoms with Crippen molar-refractivity contribution in [2.24, 2.45) is 0 Å². The highest BCUT2D eigenvalue weighted by molar-refractivity contribution is 9.10. The SMILES string of the molecule is COc1ccc(NS(=O)(=O)c2ccc(Br)cc2)cc1C. The molecule has 0 amide bonds. The lowest BCUT2D eigenvalue weighted by Gasteiger charge is -2.10. The van der Waals surface area contributed by atoms with Crippen LogP contribution in [-0.4, -0.2) is 15.5 Å². The Morgan fingerprint density at radius 3 is 2.30 bits per heavy atom. The molecule has 0 heterocycles. The maximum absolute atomic E-state index is 12.2. The Labute approximate surface area is 127 Å². The van der Waals surface area contributed by atoms with Crippen LogP contribution in [0.15, 0.2) is 51.8 Å². The van der Waals surface area contributed by atoms with Gasteiger partial charge in [0.25, 0.3) is 10.0 Å². The minimum absolute atomic E-state index is 0.217. The average Bonchev–Trinajstić information content (AvgIpc) is 2.39. The van der Waals surface area contributed by atoms with Gasteiger partial charge in [0.05, 0.1) is 12.0 Å². The number of sulfonamides is 1. The van der Waals surface area contributed by atoms with Gasteiger partial charge in [0.15, 0.2) is 0 Å². The van der Waals surface area contributed by atoms with Crippen molar-refractivity contribution in [1.29, 1.82) is 0 Å². The third kappa shape index (κ3) is 3.32. The molecule has 0 radical (unpaired) electrons. The van der Waals surface area contributed by atoms with E-state index in [1.807, 2.05) is 6.92 Å². The summed E-state index contributed by atoms with van der Waals surface area (Å²) in [5.41, 5.74) is 1.37. The van der Waals surface area contributed by atoms with Crippen molar-refractivity contribution in [1.82, 2.24) is 0 Å². The topological polar surface area (TPSA) is 55.4 Å². The number of ether oxygens (including phenoxy) is 1. The molecule has 0 fully saturated rings. The van der Waals surface area contributed by atoms with Crippen molar-refractivity contribution < 1.29 is 13.2 Å². The number of nitrogens with one attached hydrogen (secondary N) is 1. The number of hydrogen-bond acceptors (Lipinski definition) is 3. The standard InChI is InChI=1S/C14H14BrNO3S/c1-10-9-12(5-8-14(10)19-2)16-20(17,18)13-6-3-11(15)4-7-13/h3-9,16H,1-2H3. The molecule has 4 nitrogen and oxygen atoms in total. The van der Waals surface area contributed by atoms with Crippen molar-refractivity contribution in [3.63, 3.8) is 0 Å². The number of anilines is 1. The van der Waals surface area contributed by atoms with Gasteiger partial charge < -0.3 is 4.74 Å². The molecule has 0 bridgehead atoms. The second kappa shape index (κ2) is 5.85. The van der Waals surface area contributed by atoms with Crippen LogP contribution in [0.1, 0.15) is 5.56 Å². The first-order valence-corrected chi connectivity index (χ1v) is 8.13. The van der Waals surface area contributed by atoms with Gasteiger partial charge in [-0.3, -0.25) is 4.72 Å². The number of aryl methyl sites for hydroxylation is 1. The minimum atomic E-state index is -3.58. The summed E-state index contributed by atoms with van der Waals surface area (Å²) in [5, 5.41) is 0. The highest BCUT2D eigenvalue weighted by Crippen LogP contribution is 2.24. The van der Waals surface area contributed by atoms with Gasteiger partial charge >= 0.3 is 0 Å². The molecular formula is C14H14BrNO3S. The van der Waals surface area contributed by atoms with Crippen molar-refractivity contribution in [2.75, 3.05) is 11.8 Å². The summed E-state index contributed by atoms with van der Waals surface area (Å²) in [6, 6.07) is 11.6. The third-order valence-electron chi connectivity index (χ3n) is 2.77. The van der Waals surface area contributed by atoms with E-state index in [0.717, 1.165) is 15.8 Å².